The number of sulfone groups is 1. The van der Waals surface area contributed by atoms with Crippen molar-refractivity contribution in [3.05, 3.63) is 58.6 Å². The molecule has 3 rings (SSSR count). The van der Waals surface area contributed by atoms with Crippen LogP contribution in [0.3, 0.4) is 0 Å². The molecule has 1 fully saturated rings. The molecular formula is C26H32ClF2NO4S. The van der Waals surface area contributed by atoms with Gasteiger partial charge in [0.15, 0.2) is 9.84 Å². The quantitative estimate of drug-likeness (QED) is 0.469. The molecule has 35 heavy (non-hydrogen) atoms. The van der Waals surface area contributed by atoms with Crippen LogP contribution < -0.4 is 4.90 Å². The van der Waals surface area contributed by atoms with Crippen molar-refractivity contribution in [2.24, 2.45) is 5.41 Å². The molecule has 192 valence electrons. The second-order valence-corrected chi connectivity index (χ2v) is 13.6. The predicted octanol–water partition coefficient (Wildman–Crippen LogP) is 6.28. The highest BCUT2D eigenvalue weighted by Crippen LogP contribution is 2.46. The van der Waals surface area contributed by atoms with Crippen LogP contribution in [0.25, 0.3) is 0 Å². The van der Waals surface area contributed by atoms with Crippen LogP contribution in [0.2, 0.25) is 5.02 Å². The van der Waals surface area contributed by atoms with E-state index in [1.165, 1.54) is 29.2 Å². The van der Waals surface area contributed by atoms with E-state index in [2.05, 4.69) is 0 Å². The topological polar surface area (TPSA) is 63.7 Å². The maximum Gasteiger partial charge on any atom is 0.232 e. The number of nitrogens with zero attached hydrogens (tertiary/aromatic N) is 1. The molecule has 9 heteroatoms. The summed E-state index contributed by atoms with van der Waals surface area (Å²) >= 11 is 5.93. The van der Waals surface area contributed by atoms with Gasteiger partial charge in [0.05, 0.1) is 10.6 Å². The molecule has 0 bridgehead atoms. The molecule has 1 aliphatic rings. The molecule has 5 nitrogen and oxygen atoms in total. The fourth-order valence-corrected chi connectivity index (χ4v) is 6.61. The molecule has 0 unspecified atom stereocenters. The molecule has 0 radical (unpaired) electrons. The van der Waals surface area contributed by atoms with Gasteiger partial charge in [-0.2, -0.15) is 0 Å². The zero-order valence-electron chi connectivity index (χ0n) is 20.9. The molecule has 2 aromatic carbocycles. The molecule has 1 amide bonds. The Bertz CT molecular complexity index is 1210. The van der Waals surface area contributed by atoms with Crippen LogP contribution in [0.4, 0.5) is 14.5 Å². The standard InChI is InChI=1S/C26H32ClF2NO4S/c1-24(2,3)23(31)30(25(4,5)6)22-16-20(28)19(15-21(22)29)26(11-13-34-14-12-26)35(32,33)18-9-7-17(27)8-10-18/h7-10,15-16H,11-14H2,1-6H3. The average molecular weight is 528 g/mol. The van der Waals surface area contributed by atoms with Gasteiger partial charge in [-0.3, -0.25) is 4.79 Å². The summed E-state index contributed by atoms with van der Waals surface area (Å²) in [5.41, 5.74) is -2.21. The summed E-state index contributed by atoms with van der Waals surface area (Å²) in [7, 11) is -4.16. The van der Waals surface area contributed by atoms with Crippen molar-refractivity contribution in [1.29, 1.82) is 0 Å². The lowest BCUT2D eigenvalue weighted by Gasteiger charge is -2.41. The second-order valence-electron chi connectivity index (χ2n) is 10.9. The zero-order valence-corrected chi connectivity index (χ0v) is 22.5. The monoisotopic (exact) mass is 527 g/mol. The number of amides is 1. The first-order valence-corrected chi connectivity index (χ1v) is 13.3. The van der Waals surface area contributed by atoms with E-state index in [9.17, 15) is 13.2 Å². The van der Waals surface area contributed by atoms with Crippen LogP contribution in [-0.4, -0.2) is 33.1 Å². The van der Waals surface area contributed by atoms with Gasteiger partial charge < -0.3 is 9.64 Å². The first-order valence-electron chi connectivity index (χ1n) is 11.4. The van der Waals surface area contributed by atoms with Gasteiger partial charge in [-0.1, -0.05) is 32.4 Å². The largest absolute Gasteiger partial charge is 0.381 e. The van der Waals surface area contributed by atoms with Gasteiger partial charge in [0, 0.05) is 40.8 Å². The Labute approximate surface area is 211 Å². The third-order valence-electron chi connectivity index (χ3n) is 6.22. The first-order chi connectivity index (χ1) is 16.0. The smallest absolute Gasteiger partial charge is 0.232 e. The molecule has 0 saturated carbocycles. The van der Waals surface area contributed by atoms with Gasteiger partial charge in [0.25, 0.3) is 0 Å². The lowest BCUT2D eigenvalue weighted by Crippen LogP contribution is -2.51. The highest BCUT2D eigenvalue weighted by Gasteiger charge is 2.49. The Morgan fingerprint density at radius 1 is 0.971 bits per heavy atom. The minimum Gasteiger partial charge on any atom is -0.381 e. The molecule has 0 N–H and O–H groups in total. The first kappa shape index (κ1) is 27.6. The maximum atomic E-state index is 15.8. The van der Waals surface area contributed by atoms with Gasteiger partial charge >= 0.3 is 0 Å². The SMILES string of the molecule is CC(C)(C)C(=O)N(c1cc(F)c(C2(S(=O)(=O)c3ccc(Cl)cc3)CCOCC2)cc1F)C(C)(C)C. The molecule has 0 atom stereocenters. The number of halogens is 3. The molecular weight excluding hydrogens is 496 g/mol. The number of anilines is 1. The molecule has 2 aromatic rings. The maximum absolute atomic E-state index is 15.8. The summed E-state index contributed by atoms with van der Waals surface area (Å²) in [6, 6.07) is 7.48. The summed E-state index contributed by atoms with van der Waals surface area (Å²) in [6.07, 6.45) is -0.0881. The van der Waals surface area contributed by atoms with Crippen LogP contribution in [0.15, 0.2) is 41.3 Å². The van der Waals surface area contributed by atoms with Gasteiger partial charge in [0.1, 0.15) is 16.4 Å². The summed E-state index contributed by atoms with van der Waals surface area (Å²) in [5.74, 6) is -2.14. The highest BCUT2D eigenvalue weighted by molar-refractivity contribution is 7.92. The summed E-state index contributed by atoms with van der Waals surface area (Å²) in [5, 5.41) is 0.359. The summed E-state index contributed by atoms with van der Waals surface area (Å²) in [4.78, 5) is 14.4. The number of hydrogen-bond donors (Lipinski definition) is 0. The van der Waals surface area contributed by atoms with E-state index in [-0.39, 0.29) is 48.1 Å². The van der Waals surface area contributed by atoms with Crippen molar-refractivity contribution < 1.29 is 26.7 Å². The lowest BCUT2D eigenvalue weighted by atomic mass is 9.88. The van der Waals surface area contributed by atoms with E-state index in [0.29, 0.717) is 5.02 Å². The molecule has 1 saturated heterocycles. The van der Waals surface area contributed by atoms with E-state index in [0.717, 1.165) is 12.1 Å². The third-order valence-corrected chi connectivity index (χ3v) is 9.02. The van der Waals surface area contributed by atoms with E-state index < -0.39 is 37.2 Å². The number of carbonyl (C=O) groups excluding carboxylic acids is 1. The molecule has 0 aliphatic carbocycles. The van der Waals surface area contributed by atoms with E-state index >= 15 is 8.78 Å². The Morgan fingerprint density at radius 2 is 1.51 bits per heavy atom. The van der Waals surface area contributed by atoms with Crippen LogP contribution in [0, 0.1) is 17.0 Å². The van der Waals surface area contributed by atoms with Gasteiger partial charge in [-0.15, -0.1) is 0 Å². The molecule has 0 aromatic heterocycles. The van der Waals surface area contributed by atoms with Gasteiger partial charge in [-0.25, -0.2) is 17.2 Å². The fraction of sp³-hybridized carbons (Fsp3) is 0.500. The number of ether oxygens (including phenoxy) is 1. The number of carbonyl (C=O) groups is 1. The van der Waals surface area contributed by atoms with Crippen molar-refractivity contribution in [2.75, 3.05) is 18.1 Å². The van der Waals surface area contributed by atoms with Crippen molar-refractivity contribution in [1.82, 2.24) is 0 Å². The fourth-order valence-electron chi connectivity index (χ4n) is 4.39. The normalized spacial score (nSPS) is 16.7. The van der Waals surface area contributed by atoms with Crippen LogP contribution >= 0.6 is 11.6 Å². The van der Waals surface area contributed by atoms with Gasteiger partial charge in [0.2, 0.25) is 5.91 Å². The summed E-state index contributed by atoms with van der Waals surface area (Å²) in [6.45, 7) is 10.4. The lowest BCUT2D eigenvalue weighted by molar-refractivity contribution is -0.126. The number of benzene rings is 2. The minimum atomic E-state index is -4.16. The Balaban J connectivity index is 2.24. The van der Waals surface area contributed by atoms with Crippen molar-refractivity contribution in [3.63, 3.8) is 0 Å². The molecule has 1 heterocycles. The zero-order chi connectivity index (χ0) is 26.4. The predicted molar refractivity (Wildman–Crippen MR) is 133 cm³/mol. The highest BCUT2D eigenvalue weighted by atomic mass is 35.5. The second kappa shape index (κ2) is 9.45. The van der Waals surface area contributed by atoms with Crippen LogP contribution in [0.5, 0.6) is 0 Å². The van der Waals surface area contributed by atoms with E-state index in [1.807, 2.05) is 0 Å². The molecule has 1 aliphatic heterocycles. The van der Waals surface area contributed by atoms with E-state index in [1.54, 1.807) is 41.5 Å². The van der Waals surface area contributed by atoms with Gasteiger partial charge in [-0.05, 0) is 63.9 Å². The van der Waals surface area contributed by atoms with Crippen LogP contribution in [0.1, 0.15) is 59.9 Å². The Kier molecular flexibility index (Phi) is 7.44. The van der Waals surface area contributed by atoms with Crippen molar-refractivity contribution >= 4 is 33.0 Å². The number of rotatable bonds is 4. The average Bonchev–Trinajstić information content (AvgIpc) is 2.75. The minimum absolute atomic E-state index is 0.0353. The third kappa shape index (κ3) is 5.11. The van der Waals surface area contributed by atoms with Crippen molar-refractivity contribution in [2.45, 2.75) is 69.6 Å². The Hall–Kier alpha value is -2.03. The number of hydrogen-bond acceptors (Lipinski definition) is 4. The van der Waals surface area contributed by atoms with Crippen LogP contribution in [-0.2, 0) is 24.1 Å². The van der Waals surface area contributed by atoms with Crippen molar-refractivity contribution in [3.8, 4) is 0 Å². The van der Waals surface area contributed by atoms with E-state index in [4.69, 9.17) is 16.3 Å². The molecule has 0 spiro atoms. The summed E-state index contributed by atoms with van der Waals surface area (Å²) < 4.78 is 62.9. The Morgan fingerprint density at radius 3 is 2.00 bits per heavy atom.